The van der Waals surface area contributed by atoms with Crippen molar-refractivity contribution in [2.75, 3.05) is 51.7 Å². The van der Waals surface area contributed by atoms with Crippen molar-refractivity contribution in [3.05, 3.63) is 23.8 Å². The molecule has 1 aromatic rings. The molecule has 4 rings (SSSR count). The first-order chi connectivity index (χ1) is 16.8. The van der Waals surface area contributed by atoms with Crippen LogP contribution in [-0.2, 0) is 10.2 Å². The highest BCUT2D eigenvalue weighted by Crippen LogP contribution is 2.51. The van der Waals surface area contributed by atoms with Crippen molar-refractivity contribution in [3.63, 3.8) is 0 Å². The van der Waals surface area contributed by atoms with Crippen molar-refractivity contribution in [1.29, 1.82) is 0 Å². The van der Waals surface area contributed by atoms with Crippen LogP contribution < -0.4 is 15.0 Å². The molecule has 2 saturated heterocycles. The minimum atomic E-state index is -0.351. The Hall–Kier alpha value is -1.83. The Bertz CT molecular complexity index is 855. The molecule has 0 bridgehead atoms. The first-order valence-electron chi connectivity index (χ1n) is 13.7. The molecule has 3 aliphatic heterocycles. The standard InChI is InChI=1S/C28H46N4O3/c1-21-19-32(20-22(2)34-21)16-11-9-7-6-8-10-15-29-27(33)35-23-12-13-25-24(18-23)28(3)14-17-30(4)26(28)31(25)5/h12-13,18,21-22,26H,6-11,14-17,19-20H2,1-5H3,(H,29,33)/t21?,22?,26-,28+/m1/s1. The molecule has 3 heterocycles. The van der Waals surface area contributed by atoms with Crippen LogP contribution in [0.2, 0.25) is 0 Å². The molecule has 1 N–H and O–H groups in total. The fraction of sp³-hybridized carbons (Fsp3) is 0.750. The molecule has 196 valence electrons. The van der Waals surface area contributed by atoms with Gasteiger partial charge >= 0.3 is 6.09 Å². The minimum Gasteiger partial charge on any atom is -0.410 e. The number of nitrogens with zero attached hydrogens (tertiary/aromatic N) is 3. The summed E-state index contributed by atoms with van der Waals surface area (Å²) in [5, 5.41) is 2.93. The maximum Gasteiger partial charge on any atom is 0.412 e. The number of benzene rings is 1. The lowest BCUT2D eigenvalue weighted by atomic mass is 9.81. The van der Waals surface area contributed by atoms with Gasteiger partial charge in [0.25, 0.3) is 0 Å². The zero-order valence-electron chi connectivity index (χ0n) is 22.5. The van der Waals surface area contributed by atoms with Crippen LogP contribution in [0.3, 0.4) is 0 Å². The Kier molecular flexibility index (Phi) is 8.61. The number of unbranched alkanes of at least 4 members (excludes halogenated alkanes) is 5. The number of likely N-dealkylation sites (tertiary alicyclic amines) is 1. The summed E-state index contributed by atoms with van der Waals surface area (Å²) in [5.41, 5.74) is 2.61. The summed E-state index contributed by atoms with van der Waals surface area (Å²) in [7, 11) is 4.35. The van der Waals surface area contributed by atoms with E-state index in [1.807, 2.05) is 6.07 Å². The van der Waals surface area contributed by atoms with E-state index in [1.165, 1.54) is 43.5 Å². The van der Waals surface area contributed by atoms with E-state index in [0.29, 0.717) is 30.7 Å². The van der Waals surface area contributed by atoms with Crippen molar-refractivity contribution < 1.29 is 14.3 Å². The molecule has 1 aromatic carbocycles. The Morgan fingerprint density at radius 1 is 1.09 bits per heavy atom. The third-order valence-corrected chi connectivity index (χ3v) is 8.18. The quantitative estimate of drug-likeness (QED) is 0.488. The highest BCUT2D eigenvalue weighted by Gasteiger charge is 2.52. The molecule has 7 heteroatoms. The number of hydrogen-bond acceptors (Lipinski definition) is 6. The molecule has 2 unspecified atom stereocenters. The van der Waals surface area contributed by atoms with Gasteiger partial charge in [0.2, 0.25) is 0 Å². The van der Waals surface area contributed by atoms with Crippen LogP contribution in [0.5, 0.6) is 5.75 Å². The van der Waals surface area contributed by atoms with Gasteiger partial charge in [-0.15, -0.1) is 0 Å². The van der Waals surface area contributed by atoms with Gasteiger partial charge in [-0.05, 0) is 70.5 Å². The lowest BCUT2D eigenvalue weighted by Crippen LogP contribution is -2.45. The number of ether oxygens (including phenoxy) is 2. The molecule has 0 spiro atoms. The van der Waals surface area contributed by atoms with Crippen LogP contribution >= 0.6 is 0 Å². The summed E-state index contributed by atoms with van der Waals surface area (Å²) < 4.78 is 11.4. The summed E-state index contributed by atoms with van der Waals surface area (Å²) in [6.07, 6.45) is 9.00. The van der Waals surface area contributed by atoms with E-state index in [9.17, 15) is 4.79 Å². The molecule has 0 aliphatic carbocycles. The Morgan fingerprint density at radius 3 is 2.51 bits per heavy atom. The van der Waals surface area contributed by atoms with Crippen LogP contribution in [0.1, 0.15) is 71.3 Å². The van der Waals surface area contributed by atoms with Gasteiger partial charge in [-0.2, -0.15) is 0 Å². The summed E-state index contributed by atoms with van der Waals surface area (Å²) >= 11 is 0. The van der Waals surface area contributed by atoms with Crippen molar-refractivity contribution in [2.45, 2.75) is 89.5 Å². The maximum absolute atomic E-state index is 12.3. The number of carbonyl (C=O) groups excluding carboxylic acids is 1. The van der Waals surface area contributed by atoms with Crippen LogP contribution in [0, 0.1) is 0 Å². The molecular formula is C28H46N4O3. The van der Waals surface area contributed by atoms with Gasteiger partial charge < -0.3 is 19.7 Å². The summed E-state index contributed by atoms with van der Waals surface area (Å²) in [5.74, 6) is 0.634. The van der Waals surface area contributed by atoms with E-state index in [-0.39, 0.29) is 11.5 Å². The normalized spacial score (nSPS) is 28.7. The second kappa shape index (κ2) is 11.5. The average molecular weight is 487 g/mol. The van der Waals surface area contributed by atoms with Crippen LogP contribution in [-0.4, -0.2) is 81.1 Å². The number of nitrogens with one attached hydrogen (secondary N) is 1. The van der Waals surface area contributed by atoms with Gasteiger partial charge in [-0.25, -0.2) is 4.79 Å². The van der Waals surface area contributed by atoms with Gasteiger partial charge in [0, 0.05) is 44.3 Å². The molecule has 0 radical (unpaired) electrons. The number of amides is 1. The lowest BCUT2D eigenvalue weighted by Gasteiger charge is -2.35. The number of anilines is 1. The highest BCUT2D eigenvalue weighted by molar-refractivity contribution is 5.72. The third-order valence-electron chi connectivity index (χ3n) is 8.18. The van der Waals surface area contributed by atoms with E-state index in [2.05, 4.69) is 67.0 Å². The van der Waals surface area contributed by atoms with E-state index < -0.39 is 0 Å². The first kappa shape index (κ1) is 26.2. The Balaban J connectivity index is 1.09. The van der Waals surface area contributed by atoms with Gasteiger partial charge in [0.1, 0.15) is 5.75 Å². The van der Waals surface area contributed by atoms with Crippen molar-refractivity contribution in [1.82, 2.24) is 15.1 Å². The Labute approximate surface area is 212 Å². The van der Waals surface area contributed by atoms with Crippen LogP contribution in [0.25, 0.3) is 0 Å². The fourth-order valence-corrected chi connectivity index (χ4v) is 6.59. The zero-order valence-corrected chi connectivity index (χ0v) is 22.5. The minimum absolute atomic E-state index is 0.0771. The number of carbonyl (C=O) groups is 1. The van der Waals surface area contributed by atoms with Gasteiger partial charge in [-0.3, -0.25) is 9.80 Å². The maximum atomic E-state index is 12.3. The SMILES string of the molecule is CC1CN(CCCCCCCCNC(=O)Oc2ccc3c(c2)[C@]2(C)CCN(C)[C@@H]2N3C)CC(C)O1. The highest BCUT2D eigenvalue weighted by atomic mass is 16.6. The molecule has 3 aliphatic rings. The summed E-state index contributed by atoms with van der Waals surface area (Å²) in [6, 6.07) is 6.08. The summed E-state index contributed by atoms with van der Waals surface area (Å²) in [6.45, 7) is 11.7. The second-order valence-corrected chi connectivity index (χ2v) is 11.3. The van der Waals surface area contributed by atoms with E-state index >= 15 is 0 Å². The number of fused-ring (bicyclic) bond motifs is 3. The molecule has 1 amide bonds. The van der Waals surface area contributed by atoms with Gasteiger partial charge in [0.15, 0.2) is 0 Å². The third kappa shape index (κ3) is 6.12. The average Bonchev–Trinajstić information content (AvgIpc) is 3.22. The van der Waals surface area contributed by atoms with Gasteiger partial charge in [-0.1, -0.05) is 32.6 Å². The van der Waals surface area contributed by atoms with Crippen molar-refractivity contribution >= 4 is 11.8 Å². The number of likely N-dealkylation sites (N-methyl/N-ethyl adjacent to an activating group) is 2. The number of morpholine rings is 1. The molecule has 0 aromatic heterocycles. The molecule has 0 saturated carbocycles. The van der Waals surface area contributed by atoms with E-state index in [0.717, 1.165) is 38.9 Å². The summed E-state index contributed by atoms with van der Waals surface area (Å²) in [4.78, 5) is 19.7. The topological polar surface area (TPSA) is 57.3 Å². The lowest BCUT2D eigenvalue weighted by molar-refractivity contribution is -0.0681. The second-order valence-electron chi connectivity index (χ2n) is 11.3. The first-order valence-corrected chi connectivity index (χ1v) is 13.7. The van der Waals surface area contributed by atoms with E-state index in [4.69, 9.17) is 9.47 Å². The predicted octanol–water partition coefficient (Wildman–Crippen LogP) is 4.59. The zero-order chi connectivity index (χ0) is 25.0. The molecular weight excluding hydrogens is 440 g/mol. The molecule has 2 fully saturated rings. The molecule has 35 heavy (non-hydrogen) atoms. The smallest absolute Gasteiger partial charge is 0.410 e. The largest absolute Gasteiger partial charge is 0.412 e. The van der Waals surface area contributed by atoms with E-state index in [1.54, 1.807) is 0 Å². The van der Waals surface area contributed by atoms with Crippen LogP contribution in [0.15, 0.2) is 18.2 Å². The monoisotopic (exact) mass is 486 g/mol. The van der Waals surface area contributed by atoms with Crippen molar-refractivity contribution in [3.8, 4) is 5.75 Å². The van der Waals surface area contributed by atoms with Gasteiger partial charge in [0.05, 0.1) is 18.4 Å². The molecule has 4 atom stereocenters. The fourth-order valence-electron chi connectivity index (χ4n) is 6.59. The van der Waals surface area contributed by atoms with Crippen molar-refractivity contribution in [2.24, 2.45) is 0 Å². The number of rotatable bonds is 10. The Morgan fingerprint density at radius 2 is 1.77 bits per heavy atom. The van der Waals surface area contributed by atoms with Crippen LogP contribution in [0.4, 0.5) is 10.5 Å². The molecule has 7 nitrogen and oxygen atoms in total. The predicted molar refractivity (Wildman–Crippen MR) is 141 cm³/mol. The number of hydrogen-bond donors (Lipinski definition) is 1.